The maximum atomic E-state index is 11.4. The molecule has 0 aliphatic rings. The molecule has 0 atom stereocenters. The first-order chi connectivity index (χ1) is 7.50. The molecule has 0 unspecified atom stereocenters. The molecule has 0 aliphatic heterocycles. The Kier molecular flexibility index (Phi) is 2.56. The van der Waals surface area contributed by atoms with Gasteiger partial charge in [0.25, 0.3) is 0 Å². The number of hydrogen-bond donors (Lipinski definition) is 0. The van der Waals surface area contributed by atoms with Crippen LogP contribution in [0.15, 0.2) is 24.4 Å². The molecule has 0 bridgehead atoms. The van der Waals surface area contributed by atoms with Crippen LogP contribution in [0.1, 0.15) is 29.0 Å². The maximum Gasteiger partial charge on any atom is 0.227 e. The number of carbonyl (C=O) groups excluding carboxylic acids is 2. The molecular formula is C12H10ClNO2. The van der Waals surface area contributed by atoms with Crippen molar-refractivity contribution in [3.05, 3.63) is 35.0 Å². The number of aromatic nitrogens is 1. The first kappa shape index (κ1) is 10.9. The van der Waals surface area contributed by atoms with E-state index in [1.165, 1.54) is 18.4 Å². The molecule has 0 saturated carbocycles. The Hall–Kier alpha value is -1.61. The van der Waals surface area contributed by atoms with Crippen molar-refractivity contribution >= 4 is 34.2 Å². The van der Waals surface area contributed by atoms with Crippen molar-refractivity contribution in [2.24, 2.45) is 0 Å². The summed E-state index contributed by atoms with van der Waals surface area (Å²) in [7, 11) is 0. The number of ketones is 1. The molecule has 16 heavy (non-hydrogen) atoms. The largest absolute Gasteiger partial charge is 0.294 e. The van der Waals surface area contributed by atoms with Crippen molar-refractivity contribution in [3.8, 4) is 0 Å². The lowest BCUT2D eigenvalue weighted by atomic mass is 10.1. The molecule has 0 amide bonds. The third kappa shape index (κ3) is 1.63. The fourth-order valence-electron chi connectivity index (χ4n) is 1.74. The number of halogens is 1. The van der Waals surface area contributed by atoms with Crippen LogP contribution in [-0.4, -0.2) is 16.3 Å². The monoisotopic (exact) mass is 235 g/mol. The van der Waals surface area contributed by atoms with E-state index < -0.39 is 0 Å². The Morgan fingerprint density at radius 3 is 2.50 bits per heavy atom. The minimum Gasteiger partial charge on any atom is -0.294 e. The second kappa shape index (κ2) is 3.76. The summed E-state index contributed by atoms with van der Waals surface area (Å²) in [4.78, 5) is 22.8. The lowest BCUT2D eigenvalue weighted by Crippen LogP contribution is -2.03. The molecule has 2 aromatic rings. The highest BCUT2D eigenvalue weighted by atomic mass is 35.5. The maximum absolute atomic E-state index is 11.4. The minimum atomic E-state index is -0.139. The highest BCUT2D eigenvalue weighted by Gasteiger charge is 2.13. The van der Waals surface area contributed by atoms with Crippen LogP contribution in [0.3, 0.4) is 0 Å². The van der Waals surface area contributed by atoms with Gasteiger partial charge in [-0.2, -0.15) is 0 Å². The Morgan fingerprint density at radius 1 is 1.25 bits per heavy atom. The van der Waals surface area contributed by atoms with Gasteiger partial charge in [-0.25, -0.2) is 0 Å². The SMILES string of the molecule is CC(=O)c1cn(C(C)=O)c2cc(Cl)ccc12. The van der Waals surface area contributed by atoms with Crippen molar-refractivity contribution in [3.63, 3.8) is 0 Å². The van der Waals surface area contributed by atoms with Gasteiger partial charge in [-0.3, -0.25) is 14.2 Å². The van der Waals surface area contributed by atoms with E-state index in [4.69, 9.17) is 11.6 Å². The summed E-state index contributed by atoms with van der Waals surface area (Å²) < 4.78 is 1.44. The topological polar surface area (TPSA) is 39.1 Å². The number of rotatable bonds is 1. The van der Waals surface area contributed by atoms with E-state index in [1.54, 1.807) is 24.4 Å². The third-order valence-electron chi connectivity index (χ3n) is 2.49. The molecular weight excluding hydrogens is 226 g/mol. The number of carbonyl (C=O) groups is 2. The zero-order valence-electron chi connectivity index (χ0n) is 8.95. The Bertz CT molecular complexity index is 598. The van der Waals surface area contributed by atoms with E-state index in [0.29, 0.717) is 16.1 Å². The predicted molar refractivity (Wildman–Crippen MR) is 63.3 cm³/mol. The van der Waals surface area contributed by atoms with Gasteiger partial charge in [0.05, 0.1) is 5.52 Å². The average molecular weight is 236 g/mol. The van der Waals surface area contributed by atoms with Crippen LogP contribution in [0, 0.1) is 0 Å². The average Bonchev–Trinajstić information content (AvgIpc) is 2.56. The first-order valence-electron chi connectivity index (χ1n) is 4.83. The summed E-state index contributed by atoms with van der Waals surface area (Å²) >= 11 is 5.87. The molecule has 0 spiro atoms. The van der Waals surface area contributed by atoms with Crippen LogP contribution in [0.25, 0.3) is 10.9 Å². The minimum absolute atomic E-state index is 0.0627. The summed E-state index contributed by atoms with van der Waals surface area (Å²) in [5, 5.41) is 1.30. The fourth-order valence-corrected chi connectivity index (χ4v) is 1.91. The number of nitrogens with zero attached hydrogens (tertiary/aromatic N) is 1. The van der Waals surface area contributed by atoms with Gasteiger partial charge in [-0.15, -0.1) is 0 Å². The molecule has 1 aromatic heterocycles. The van der Waals surface area contributed by atoms with Gasteiger partial charge >= 0.3 is 0 Å². The summed E-state index contributed by atoms with van der Waals surface area (Å²) in [5.74, 6) is -0.202. The van der Waals surface area contributed by atoms with Gasteiger partial charge in [-0.1, -0.05) is 17.7 Å². The molecule has 0 N–H and O–H groups in total. The number of Topliss-reactive ketones (excluding diaryl/α,β-unsaturated/α-hetero) is 1. The molecule has 82 valence electrons. The van der Waals surface area contributed by atoms with Crippen LogP contribution in [-0.2, 0) is 0 Å². The normalized spacial score (nSPS) is 10.7. The highest BCUT2D eigenvalue weighted by Crippen LogP contribution is 2.25. The standard InChI is InChI=1S/C12H10ClNO2/c1-7(15)11-6-14(8(2)16)12-5-9(13)3-4-10(11)12/h3-6H,1-2H3. The summed E-state index contributed by atoms with van der Waals surface area (Å²) in [6, 6.07) is 5.15. The van der Waals surface area contributed by atoms with Crippen LogP contribution in [0.2, 0.25) is 5.02 Å². The third-order valence-corrected chi connectivity index (χ3v) is 2.72. The van der Waals surface area contributed by atoms with Crippen LogP contribution < -0.4 is 0 Å². The molecule has 2 rings (SSSR count). The zero-order chi connectivity index (χ0) is 11.9. The van der Waals surface area contributed by atoms with Crippen LogP contribution in [0.5, 0.6) is 0 Å². The number of benzene rings is 1. The molecule has 0 saturated heterocycles. The molecule has 0 aliphatic carbocycles. The molecule has 1 aromatic carbocycles. The smallest absolute Gasteiger partial charge is 0.227 e. The van der Waals surface area contributed by atoms with E-state index >= 15 is 0 Å². The van der Waals surface area contributed by atoms with E-state index in [9.17, 15) is 9.59 Å². The van der Waals surface area contributed by atoms with E-state index in [-0.39, 0.29) is 11.7 Å². The second-order valence-electron chi connectivity index (χ2n) is 3.65. The van der Waals surface area contributed by atoms with Crippen molar-refractivity contribution in [1.29, 1.82) is 0 Å². The van der Waals surface area contributed by atoms with Crippen LogP contribution >= 0.6 is 11.6 Å². The first-order valence-corrected chi connectivity index (χ1v) is 5.21. The van der Waals surface area contributed by atoms with Crippen LogP contribution in [0.4, 0.5) is 0 Å². The van der Waals surface area contributed by atoms with Gasteiger partial charge in [0.15, 0.2) is 5.78 Å². The summed E-state index contributed by atoms with van der Waals surface area (Å²) in [5.41, 5.74) is 1.21. The van der Waals surface area contributed by atoms with Crippen molar-refractivity contribution in [1.82, 2.24) is 4.57 Å². The Labute approximate surface area is 97.6 Å². The van der Waals surface area contributed by atoms with Gasteiger partial charge in [0, 0.05) is 29.1 Å². The van der Waals surface area contributed by atoms with Crippen molar-refractivity contribution in [2.45, 2.75) is 13.8 Å². The quantitative estimate of drug-likeness (QED) is 0.713. The van der Waals surface area contributed by atoms with E-state index in [1.807, 2.05) is 0 Å². The van der Waals surface area contributed by atoms with Gasteiger partial charge in [0.1, 0.15) is 0 Å². The van der Waals surface area contributed by atoms with E-state index in [2.05, 4.69) is 0 Å². The second-order valence-corrected chi connectivity index (χ2v) is 4.09. The fraction of sp³-hybridized carbons (Fsp3) is 0.167. The van der Waals surface area contributed by atoms with Gasteiger partial charge in [-0.05, 0) is 19.1 Å². The number of hydrogen-bond acceptors (Lipinski definition) is 2. The Morgan fingerprint density at radius 2 is 1.94 bits per heavy atom. The number of fused-ring (bicyclic) bond motifs is 1. The van der Waals surface area contributed by atoms with E-state index in [0.717, 1.165) is 5.39 Å². The lowest BCUT2D eigenvalue weighted by Gasteiger charge is -1.98. The molecule has 4 heteroatoms. The summed E-state index contributed by atoms with van der Waals surface area (Å²) in [6.45, 7) is 2.93. The van der Waals surface area contributed by atoms with Crippen molar-refractivity contribution < 1.29 is 9.59 Å². The molecule has 3 nitrogen and oxygen atoms in total. The molecule has 0 radical (unpaired) electrons. The lowest BCUT2D eigenvalue weighted by molar-refractivity contribution is 0.0941. The van der Waals surface area contributed by atoms with Gasteiger partial charge in [0.2, 0.25) is 5.91 Å². The highest BCUT2D eigenvalue weighted by molar-refractivity contribution is 6.31. The summed E-state index contributed by atoms with van der Waals surface area (Å²) in [6.07, 6.45) is 1.56. The van der Waals surface area contributed by atoms with Gasteiger partial charge < -0.3 is 0 Å². The zero-order valence-corrected chi connectivity index (χ0v) is 9.71. The Balaban J connectivity index is 2.87. The predicted octanol–water partition coefficient (Wildman–Crippen LogP) is 3.16. The molecule has 1 heterocycles. The molecule has 0 fully saturated rings. The van der Waals surface area contributed by atoms with Crippen molar-refractivity contribution in [2.75, 3.05) is 0 Å².